The largest absolute Gasteiger partial charge is 0.496 e. The first-order valence-corrected chi connectivity index (χ1v) is 13.4. The number of ketones is 1. The van der Waals surface area contributed by atoms with Crippen molar-refractivity contribution in [2.75, 3.05) is 12.0 Å². The maximum Gasteiger partial charge on any atom is 0.272 e. The number of carbonyl (C=O) groups is 1. The standard InChI is InChI=1S/C31H27ClN4O5/c1-18-14-21(11-12-24(18)36(38)39)41-17-20-15-19(10-13-28(20)40-2)29-22(16-33)31(34)35(25-7-4-3-6-23(25)32)26-8-5-9-27(37)30(26)29/h3-4,6-7,10-15,29H,5,8-9,17,34H2,1-2H3/t29-/m0/s1. The third kappa shape index (κ3) is 5.10. The minimum Gasteiger partial charge on any atom is -0.496 e. The number of Topliss-reactive ketones (excluding diaryl/α,β-unsaturated/α-hetero) is 1. The van der Waals surface area contributed by atoms with Crippen LogP contribution in [-0.2, 0) is 11.4 Å². The van der Waals surface area contributed by atoms with Crippen molar-refractivity contribution in [1.82, 2.24) is 0 Å². The minimum atomic E-state index is -0.673. The number of carbonyl (C=O) groups excluding carboxylic acids is 1. The van der Waals surface area contributed by atoms with E-state index in [0.717, 1.165) is 5.70 Å². The second-order valence-corrected chi connectivity index (χ2v) is 10.2. The summed E-state index contributed by atoms with van der Waals surface area (Å²) in [5.41, 5.74) is 10.7. The monoisotopic (exact) mass is 570 g/mol. The minimum absolute atomic E-state index is 0.00898. The molecule has 2 aliphatic rings. The molecule has 0 unspecified atom stereocenters. The highest BCUT2D eigenvalue weighted by Crippen LogP contribution is 2.47. The quantitative estimate of drug-likeness (QED) is 0.253. The van der Waals surface area contributed by atoms with E-state index in [4.69, 9.17) is 26.8 Å². The lowest BCUT2D eigenvalue weighted by molar-refractivity contribution is -0.385. The van der Waals surface area contributed by atoms with Crippen LogP contribution in [0.25, 0.3) is 0 Å². The summed E-state index contributed by atoms with van der Waals surface area (Å²) in [5, 5.41) is 22.0. The number of para-hydroxylation sites is 1. The first-order valence-electron chi connectivity index (χ1n) is 13.0. The average molecular weight is 571 g/mol. The summed E-state index contributed by atoms with van der Waals surface area (Å²) >= 11 is 6.54. The van der Waals surface area contributed by atoms with E-state index in [-0.39, 0.29) is 29.5 Å². The van der Waals surface area contributed by atoms with Crippen molar-refractivity contribution in [2.24, 2.45) is 5.73 Å². The second-order valence-electron chi connectivity index (χ2n) is 9.83. The first kappa shape index (κ1) is 27.7. The molecule has 0 amide bonds. The number of methoxy groups -OCH3 is 1. The Morgan fingerprint density at radius 1 is 1.17 bits per heavy atom. The number of nitriles is 1. The summed E-state index contributed by atoms with van der Waals surface area (Å²) in [6, 6.07) is 19.5. The number of nitro groups is 1. The molecule has 1 atom stereocenters. The Kier molecular flexibility index (Phi) is 7.68. The number of benzene rings is 3. The van der Waals surface area contributed by atoms with Gasteiger partial charge < -0.3 is 15.2 Å². The number of hydrogen-bond acceptors (Lipinski definition) is 8. The van der Waals surface area contributed by atoms with Gasteiger partial charge in [0.1, 0.15) is 23.9 Å². The van der Waals surface area contributed by atoms with Gasteiger partial charge >= 0.3 is 0 Å². The molecule has 0 bridgehead atoms. The molecule has 9 nitrogen and oxygen atoms in total. The molecule has 5 rings (SSSR count). The summed E-state index contributed by atoms with van der Waals surface area (Å²) < 4.78 is 11.5. The van der Waals surface area contributed by atoms with Crippen molar-refractivity contribution < 1.29 is 19.2 Å². The van der Waals surface area contributed by atoms with E-state index < -0.39 is 10.8 Å². The molecule has 0 saturated carbocycles. The van der Waals surface area contributed by atoms with E-state index >= 15 is 0 Å². The summed E-state index contributed by atoms with van der Waals surface area (Å²) in [7, 11) is 1.54. The van der Waals surface area contributed by atoms with E-state index in [1.165, 1.54) is 6.07 Å². The van der Waals surface area contributed by atoms with Crippen molar-refractivity contribution in [3.8, 4) is 17.6 Å². The number of rotatable bonds is 7. The molecule has 0 fully saturated rings. The number of nitrogens with two attached hydrogens (primary N) is 1. The van der Waals surface area contributed by atoms with Crippen LogP contribution in [0.3, 0.4) is 0 Å². The van der Waals surface area contributed by atoms with Crippen LogP contribution in [0.15, 0.2) is 83.3 Å². The van der Waals surface area contributed by atoms with Gasteiger partial charge in [0, 0.05) is 34.9 Å². The third-order valence-corrected chi connectivity index (χ3v) is 7.72. The highest BCUT2D eigenvalue weighted by molar-refractivity contribution is 6.33. The van der Waals surface area contributed by atoms with Crippen LogP contribution in [0.5, 0.6) is 11.5 Å². The molecule has 0 spiro atoms. The number of ether oxygens (including phenoxy) is 2. The Balaban J connectivity index is 1.57. The third-order valence-electron chi connectivity index (χ3n) is 7.40. The van der Waals surface area contributed by atoms with Gasteiger partial charge in [-0.1, -0.05) is 29.8 Å². The Hall–Kier alpha value is -4.81. The molecule has 41 heavy (non-hydrogen) atoms. The van der Waals surface area contributed by atoms with E-state index in [2.05, 4.69) is 6.07 Å². The van der Waals surface area contributed by atoms with Crippen molar-refractivity contribution in [2.45, 2.75) is 38.7 Å². The number of halogens is 1. The van der Waals surface area contributed by atoms with Gasteiger partial charge in [-0.05, 0) is 61.7 Å². The lowest BCUT2D eigenvalue weighted by atomic mass is 9.75. The number of allylic oxidation sites excluding steroid dienone is 3. The number of nitrogens with zero attached hydrogens (tertiary/aromatic N) is 3. The summed E-state index contributed by atoms with van der Waals surface area (Å²) in [6.45, 7) is 1.74. The van der Waals surface area contributed by atoms with Gasteiger partial charge in [0.2, 0.25) is 0 Å². The van der Waals surface area contributed by atoms with Crippen molar-refractivity contribution in [3.05, 3.63) is 115 Å². The smallest absolute Gasteiger partial charge is 0.272 e. The predicted octanol–water partition coefficient (Wildman–Crippen LogP) is 6.45. The number of hydrogen-bond donors (Lipinski definition) is 1. The molecule has 208 valence electrons. The average Bonchev–Trinajstić information content (AvgIpc) is 2.96. The maximum absolute atomic E-state index is 13.5. The van der Waals surface area contributed by atoms with E-state index in [0.29, 0.717) is 63.7 Å². The fourth-order valence-electron chi connectivity index (χ4n) is 5.50. The van der Waals surface area contributed by atoms with Crippen LogP contribution in [0.4, 0.5) is 11.4 Å². The topological polar surface area (TPSA) is 132 Å². The predicted molar refractivity (Wildman–Crippen MR) is 155 cm³/mol. The van der Waals surface area contributed by atoms with Crippen LogP contribution in [0, 0.1) is 28.4 Å². The normalized spacial score (nSPS) is 16.8. The number of aryl methyl sites for hydroxylation is 1. The zero-order valence-electron chi connectivity index (χ0n) is 22.5. The van der Waals surface area contributed by atoms with Crippen LogP contribution in [0.1, 0.15) is 41.9 Å². The van der Waals surface area contributed by atoms with E-state index in [9.17, 15) is 20.2 Å². The van der Waals surface area contributed by atoms with Crippen LogP contribution < -0.4 is 20.1 Å². The molecule has 3 aromatic rings. The lowest BCUT2D eigenvalue weighted by Crippen LogP contribution is -2.38. The SMILES string of the molecule is COc1ccc([C@H]2C(C#N)=C(N)N(c3ccccc3Cl)C3=C2C(=O)CCC3)cc1COc1ccc([N+](=O)[O-])c(C)c1. The van der Waals surface area contributed by atoms with Gasteiger partial charge in [0.15, 0.2) is 5.78 Å². The van der Waals surface area contributed by atoms with Crippen LogP contribution in [0.2, 0.25) is 5.02 Å². The molecule has 2 N–H and O–H groups in total. The molecule has 1 heterocycles. The van der Waals surface area contributed by atoms with Gasteiger partial charge in [0.25, 0.3) is 5.69 Å². The van der Waals surface area contributed by atoms with Crippen molar-refractivity contribution in [1.29, 1.82) is 5.26 Å². The molecule has 3 aromatic carbocycles. The molecule has 10 heteroatoms. The lowest BCUT2D eigenvalue weighted by Gasteiger charge is -2.40. The van der Waals surface area contributed by atoms with Gasteiger partial charge in [-0.2, -0.15) is 5.26 Å². The van der Waals surface area contributed by atoms with E-state index in [1.54, 1.807) is 43.2 Å². The van der Waals surface area contributed by atoms with Gasteiger partial charge in [-0.15, -0.1) is 0 Å². The Morgan fingerprint density at radius 3 is 2.63 bits per heavy atom. The first-order chi connectivity index (χ1) is 19.7. The molecule has 0 radical (unpaired) electrons. The van der Waals surface area contributed by atoms with Gasteiger partial charge in [-0.25, -0.2) is 0 Å². The fraction of sp³-hybridized carbons (Fsp3) is 0.226. The van der Waals surface area contributed by atoms with Gasteiger partial charge in [0.05, 0.1) is 40.3 Å². The maximum atomic E-state index is 13.5. The summed E-state index contributed by atoms with van der Waals surface area (Å²) in [4.78, 5) is 26.0. The summed E-state index contributed by atoms with van der Waals surface area (Å²) in [6.07, 6.45) is 1.64. The fourth-order valence-corrected chi connectivity index (χ4v) is 5.72. The zero-order valence-corrected chi connectivity index (χ0v) is 23.3. The van der Waals surface area contributed by atoms with Gasteiger partial charge in [-0.3, -0.25) is 19.8 Å². The van der Waals surface area contributed by atoms with E-state index in [1.807, 2.05) is 30.3 Å². The molecule has 0 aromatic heterocycles. The molecule has 1 aliphatic carbocycles. The summed E-state index contributed by atoms with van der Waals surface area (Å²) in [5.74, 6) is 0.536. The molecule has 1 aliphatic heterocycles. The van der Waals surface area contributed by atoms with Crippen molar-refractivity contribution in [3.63, 3.8) is 0 Å². The van der Waals surface area contributed by atoms with Crippen LogP contribution >= 0.6 is 11.6 Å². The van der Waals surface area contributed by atoms with Crippen molar-refractivity contribution >= 4 is 28.8 Å². The Morgan fingerprint density at radius 2 is 1.95 bits per heavy atom. The second kappa shape index (κ2) is 11.4. The highest BCUT2D eigenvalue weighted by Gasteiger charge is 2.41. The molecular formula is C31H27ClN4O5. The number of anilines is 1. The molecular weight excluding hydrogens is 544 g/mol. The Bertz CT molecular complexity index is 1670. The zero-order chi connectivity index (χ0) is 29.3. The van der Waals surface area contributed by atoms with Crippen LogP contribution in [-0.4, -0.2) is 17.8 Å². The number of nitro benzene ring substituents is 1. The molecule has 0 saturated heterocycles. The Labute approximate surface area is 242 Å². The highest BCUT2D eigenvalue weighted by atomic mass is 35.5.